The number of hydrogen-bond donors (Lipinski definition) is 2. The van der Waals surface area contributed by atoms with Crippen LogP contribution in [0, 0.1) is 11.3 Å². The number of rotatable bonds is 2. The number of nitrogens with zero attached hydrogens (tertiary/aromatic N) is 2. The number of aromatic nitrogens is 2. The molecule has 2 heterocycles. The fourth-order valence-electron chi connectivity index (χ4n) is 2.51. The number of benzene rings is 1. The van der Waals surface area contributed by atoms with Crippen molar-refractivity contribution in [3.63, 3.8) is 0 Å². The molecule has 7 heteroatoms. The van der Waals surface area contributed by atoms with Gasteiger partial charge in [-0.15, -0.1) is 0 Å². The van der Waals surface area contributed by atoms with Crippen molar-refractivity contribution >= 4 is 0 Å². The maximum atomic E-state index is 12.2. The van der Waals surface area contributed by atoms with Crippen LogP contribution in [-0.4, -0.2) is 17.1 Å². The number of hydrogen-bond acceptors (Lipinski definition) is 6. The summed E-state index contributed by atoms with van der Waals surface area (Å²) in [5.74, 6) is -0.119. The van der Waals surface area contributed by atoms with Crippen molar-refractivity contribution in [1.82, 2.24) is 9.97 Å². The minimum absolute atomic E-state index is 0.0657. The monoisotopic (exact) mass is 296 g/mol. The van der Waals surface area contributed by atoms with Crippen LogP contribution in [0.5, 0.6) is 11.6 Å². The second-order valence-electron chi connectivity index (χ2n) is 4.62. The van der Waals surface area contributed by atoms with Gasteiger partial charge in [0.25, 0.3) is 5.56 Å². The minimum atomic E-state index is -0.692. The second kappa shape index (κ2) is 5.26. The van der Waals surface area contributed by atoms with Crippen LogP contribution >= 0.6 is 0 Å². The first kappa shape index (κ1) is 13.7. The number of nitrogens with one attached hydrogen (secondary N) is 1. The number of methoxy groups -OCH3 is 1. The zero-order valence-electron chi connectivity index (χ0n) is 11.7. The normalized spacial score (nSPS) is 16.5. The van der Waals surface area contributed by atoms with Crippen molar-refractivity contribution in [3.05, 3.63) is 63.5 Å². The molecule has 22 heavy (non-hydrogen) atoms. The molecule has 110 valence electrons. The largest absolute Gasteiger partial charge is 0.496 e. The molecule has 1 aromatic heterocycles. The molecule has 0 saturated heterocycles. The lowest BCUT2D eigenvalue weighted by molar-refractivity contribution is 0.371. The Labute approximate surface area is 125 Å². The van der Waals surface area contributed by atoms with E-state index in [0.29, 0.717) is 11.3 Å². The Kier molecular flexibility index (Phi) is 3.27. The van der Waals surface area contributed by atoms with Crippen molar-refractivity contribution in [2.45, 2.75) is 5.92 Å². The zero-order valence-corrected chi connectivity index (χ0v) is 11.7. The summed E-state index contributed by atoms with van der Waals surface area (Å²) in [6.07, 6.45) is 1.23. The predicted octanol–water partition coefficient (Wildman–Crippen LogP) is 0.997. The van der Waals surface area contributed by atoms with Gasteiger partial charge >= 0.3 is 0 Å². The summed E-state index contributed by atoms with van der Waals surface area (Å²) in [6.45, 7) is 0. The highest BCUT2D eigenvalue weighted by molar-refractivity contribution is 5.55. The Morgan fingerprint density at radius 1 is 1.45 bits per heavy atom. The Bertz CT molecular complexity index is 864. The van der Waals surface area contributed by atoms with Crippen molar-refractivity contribution in [2.75, 3.05) is 7.11 Å². The van der Waals surface area contributed by atoms with Crippen molar-refractivity contribution in [2.24, 2.45) is 5.73 Å². The van der Waals surface area contributed by atoms with Crippen LogP contribution in [0.15, 0.2) is 46.8 Å². The number of nitriles is 1. The fraction of sp³-hybridized carbons (Fsp3) is 0.133. The lowest BCUT2D eigenvalue weighted by Gasteiger charge is -2.25. The molecule has 0 saturated carbocycles. The second-order valence-corrected chi connectivity index (χ2v) is 4.62. The molecule has 0 unspecified atom stereocenters. The third-order valence-electron chi connectivity index (χ3n) is 3.47. The molecule has 2 aromatic rings. The predicted molar refractivity (Wildman–Crippen MR) is 77.1 cm³/mol. The van der Waals surface area contributed by atoms with Gasteiger partial charge in [-0.1, -0.05) is 18.2 Å². The number of nitrogens with two attached hydrogens (primary N) is 1. The SMILES string of the molecule is COc1ccccc1[C@@H]1C(C#N)=C(N)Oc2nc[nH]c(=O)c21. The van der Waals surface area contributed by atoms with Gasteiger partial charge in [0.05, 0.1) is 24.9 Å². The van der Waals surface area contributed by atoms with E-state index in [1.54, 1.807) is 24.3 Å². The molecule has 7 nitrogen and oxygen atoms in total. The average molecular weight is 296 g/mol. The maximum absolute atomic E-state index is 12.2. The van der Waals surface area contributed by atoms with Crippen LogP contribution in [0.2, 0.25) is 0 Å². The molecule has 1 atom stereocenters. The number of para-hydroxylation sites is 1. The molecule has 3 rings (SSSR count). The molecule has 0 aliphatic carbocycles. The molecule has 0 fully saturated rings. The maximum Gasteiger partial charge on any atom is 0.258 e. The van der Waals surface area contributed by atoms with Crippen LogP contribution in [0.25, 0.3) is 0 Å². The van der Waals surface area contributed by atoms with Crippen LogP contribution in [0.1, 0.15) is 17.0 Å². The van der Waals surface area contributed by atoms with E-state index < -0.39 is 5.92 Å². The van der Waals surface area contributed by atoms with Crippen molar-refractivity contribution < 1.29 is 9.47 Å². The molecule has 3 N–H and O–H groups in total. The van der Waals surface area contributed by atoms with Gasteiger partial charge in [0.1, 0.15) is 17.4 Å². The van der Waals surface area contributed by atoms with Gasteiger partial charge in [-0.25, -0.2) is 4.98 Å². The van der Waals surface area contributed by atoms with Gasteiger partial charge in [-0.05, 0) is 6.07 Å². The molecule has 0 bridgehead atoms. The average Bonchev–Trinajstić information content (AvgIpc) is 2.53. The van der Waals surface area contributed by atoms with Gasteiger partial charge in [0.2, 0.25) is 11.8 Å². The van der Waals surface area contributed by atoms with Crippen molar-refractivity contribution in [3.8, 4) is 17.7 Å². The Morgan fingerprint density at radius 2 is 2.23 bits per heavy atom. The number of H-pyrrole nitrogens is 1. The highest BCUT2D eigenvalue weighted by atomic mass is 16.5. The molecule has 1 aliphatic heterocycles. The zero-order chi connectivity index (χ0) is 15.7. The molecule has 0 amide bonds. The number of allylic oxidation sites excluding steroid dienone is 1. The van der Waals surface area contributed by atoms with Crippen LogP contribution in [-0.2, 0) is 0 Å². The first-order valence-corrected chi connectivity index (χ1v) is 6.45. The van der Waals surface area contributed by atoms with E-state index in [9.17, 15) is 10.1 Å². The van der Waals surface area contributed by atoms with Crippen LogP contribution in [0.3, 0.4) is 0 Å². The van der Waals surface area contributed by atoms with E-state index in [0.717, 1.165) is 0 Å². The third kappa shape index (κ3) is 1.98. The molecule has 0 radical (unpaired) electrons. The summed E-state index contributed by atoms with van der Waals surface area (Å²) in [4.78, 5) is 18.7. The summed E-state index contributed by atoms with van der Waals surface area (Å²) in [7, 11) is 1.52. The molecule has 1 aromatic carbocycles. The van der Waals surface area contributed by atoms with Gasteiger partial charge in [-0.3, -0.25) is 4.79 Å². The van der Waals surface area contributed by atoms with Gasteiger partial charge < -0.3 is 20.2 Å². The van der Waals surface area contributed by atoms with E-state index in [1.807, 2.05) is 6.07 Å². The summed E-state index contributed by atoms with van der Waals surface area (Å²) in [5, 5.41) is 9.43. The lowest BCUT2D eigenvalue weighted by Crippen LogP contribution is -2.28. The standard InChI is InChI=1S/C15H12N4O3/c1-21-10-5-3-2-4-8(10)11-9(6-16)13(17)22-15-12(11)14(20)18-7-19-15/h2-5,7,11H,17H2,1H3,(H,18,19,20)/t11-/m1/s1. The van der Waals surface area contributed by atoms with Gasteiger partial charge in [0.15, 0.2) is 0 Å². The Hall–Kier alpha value is -3.27. The Balaban J connectivity index is 2.33. The van der Waals surface area contributed by atoms with E-state index in [2.05, 4.69) is 9.97 Å². The topological polar surface area (TPSA) is 114 Å². The summed E-state index contributed by atoms with van der Waals surface area (Å²) in [5.41, 5.74) is 6.46. The lowest BCUT2D eigenvalue weighted by atomic mass is 9.84. The van der Waals surface area contributed by atoms with Crippen LogP contribution in [0.4, 0.5) is 0 Å². The number of ether oxygens (including phenoxy) is 2. The minimum Gasteiger partial charge on any atom is -0.496 e. The first-order valence-electron chi connectivity index (χ1n) is 6.45. The summed E-state index contributed by atoms with van der Waals surface area (Å²) >= 11 is 0. The van der Waals surface area contributed by atoms with E-state index >= 15 is 0 Å². The van der Waals surface area contributed by atoms with E-state index in [1.165, 1.54) is 13.4 Å². The van der Waals surface area contributed by atoms with Crippen molar-refractivity contribution in [1.29, 1.82) is 5.26 Å². The molecular formula is C15H12N4O3. The van der Waals surface area contributed by atoms with Crippen LogP contribution < -0.4 is 20.8 Å². The molecule has 1 aliphatic rings. The fourth-order valence-corrected chi connectivity index (χ4v) is 2.51. The third-order valence-corrected chi connectivity index (χ3v) is 3.47. The quantitative estimate of drug-likeness (QED) is 0.854. The Morgan fingerprint density at radius 3 is 2.95 bits per heavy atom. The van der Waals surface area contributed by atoms with Gasteiger partial charge in [-0.2, -0.15) is 5.26 Å². The highest BCUT2D eigenvalue weighted by Gasteiger charge is 2.35. The highest BCUT2D eigenvalue weighted by Crippen LogP contribution is 2.41. The number of aromatic amines is 1. The molecular weight excluding hydrogens is 284 g/mol. The molecule has 0 spiro atoms. The van der Waals surface area contributed by atoms with E-state index in [4.69, 9.17) is 15.2 Å². The summed E-state index contributed by atoms with van der Waals surface area (Å²) < 4.78 is 10.6. The first-order chi connectivity index (χ1) is 10.7. The van der Waals surface area contributed by atoms with Gasteiger partial charge in [0, 0.05) is 5.56 Å². The number of fused-ring (bicyclic) bond motifs is 1. The summed E-state index contributed by atoms with van der Waals surface area (Å²) in [6, 6.07) is 9.13. The van der Waals surface area contributed by atoms with E-state index in [-0.39, 0.29) is 28.5 Å². The smallest absolute Gasteiger partial charge is 0.258 e.